The van der Waals surface area contributed by atoms with Crippen molar-refractivity contribution in [3.05, 3.63) is 83.6 Å². The van der Waals surface area contributed by atoms with Crippen LogP contribution in [0.5, 0.6) is 11.5 Å². The van der Waals surface area contributed by atoms with Gasteiger partial charge in [0.05, 0.1) is 0 Å². The summed E-state index contributed by atoms with van der Waals surface area (Å²) in [6.45, 7) is 0. The van der Waals surface area contributed by atoms with Gasteiger partial charge in [0.25, 0.3) is 0 Å². The van der Waals surface area contributed by atoms with Crippen LogP contribution in [0.3, 0.4) is 0 Å². The number of aromatic hydroxyl groups is 2. The summed E-state index contributed by atoms with van der Waals surface area (Å²) >= 11 is 5.80. The summed E-state index contributed by atoms with van der Waals surface area (Å²) in [6, 6.07) is 20.1. The van der Waals surface area contributed by atoms with E-state index in [1.54, 1.807) is 36.4 Å². The number of benzene rings is 4. The lowest BCUT2D eigenvalue weighted by Crippen LogP contribution is -1.75. The highest BCUT2D eigenvalue weighted by molar-refractivity contribution is 6.31. The van der Waals surface area contributed by atoms with E-state index in [-0.39, 0.29) is 17.3 Å². The lowest BCUT2D eigenvalue weighted by atomic mass is 10.1. The van der Waals surface area contributed by atoms with Gasteiger partial charge in [-0.25, -0.2) is 4.39 Å². The molecule has 0 saturated heterocycles. The summed E-state index contributed by atoms with van der Waals surface area (Å²) in [6.07, 6.45) is 0. The third-order valence-corrected chi connectivity index (χ3v) is 3.81. The molecule has 0 aliphatic rings. The van der Waals surface area contributed by atoms with Crippen LogP contribution < -0.4 is 0 Å². The Morgan fingerprint density at radius 1 is 0.583 bits per heavy atom. The summed E-state index contributed by atoms with van der Waals surface area (Å²) in [7, 11) is 0. The fourth-order valence-corrected chi connectivity index (χ4v) is 2.59. The molecule has 0 saturated carbocycles. The zero-order valence-corrected chi connectivity index (χ0v) is 13.3. The molecular weight excluding hydrogens is 327 g/mol. The first-order valence-corrected chi connectivity index (χ1v) is 7.66. The first-order chi connectivity index (χ1) is 11.5. The minimum Gasteiger partial charge on any atom is -0.508 e. The van der Waals surface area contributed by atoms with Crippen LogP contribution in [-0.4, -0.2) is 10.2 Å². The maximum absolute atomic E-state index is 12.7. The van der Waals surface area contributed by atoms with E-state index >= 15 is 0 Å². The summed E-state index contributed by atoms with van der Waals surface area (Å²) in [5, 5.41) is 22.7. The Balaban J connectivity index is 0.000000141. The predicted octanol–water partition coefficient (Wildman–Crippen LogP) is 5.88. The van der Waals surface area contributed by atoms with Gasteiger partial charge < -0.3 is 10.2 Å². The van der Waals surface area contributed by atoms with Gasteiger partial charge in [-0.2, -0.15) is 0 Å². The number of fused-ring (bicyclic) bond motifs is 2. The summed E-state index contributed by atoms with van der Waals surface area (Å²) in [4.78, 5) is 0. The molecule has 0 fully saturated rings. The highest BCUT2D eigenvalue weighted by atomic mass is 35.5. The summed E-state index contributed by atoms with van der Waals surface area (Å²) in [5.74, 6) is 0.229. The Kier molecular flexibility index (Phi) is 4.54. The molecule has 0 heterocycles. The number of hydrogen-bond acceptors (Lipinski definition) is 2. The normalized spacial score (nSPS) is 10.4. The van der Waals surface area contributed by atoms with E-state index in [9.17, 15) is 4.39 Å². The van der Waals surface area contributed by atoms with Crippen molar-refractivity contribution in [3.63, 3.8) is 0 Å². The van der Waals surface area contributed by atoms with Gasteiger partial charge in [0.2, 0.25) is 0 Å². The quantitative estimate of drug-likeness (QED) is 0.419. The number of halogens is 2. The molecule has 0 aliphatic heterocycles. The van der Waals surface area contributed by atoms with Crippen LogP contribution in [0.25, 0.3) is 21.5 Å². The second kappa shape index (κ2) is 6.77. The molecule has 4 aromatic carbocycles. The fourth-order valence-electron chi connectivity index (χ4n) is 2.41. The Morgan fingerprint density at radius 3 is 1.67 bits per heavy atom. The van der Waals surface area contributed by atoms with E-state index in [1.807, 2.05) is 24.3 Å². The van der Waals surface area contributed by atoms with Crippen LogP contribution in [0.2, 0.25) is 5.02 Å². The molecule has 4 aromatic rings. The molecule has 0 spiro atoms. The molecule has 0 bridgehead atoms. The van der Waals surface area contributed by atoms with Crippen LogP contribution in [0.4, 0.5) is 4.39 Å². The predicted molar refractivity (Wildman–Crippen MR) is 96.2 cm³/mol. The number of hydrogen-bond donors (Lipinski definition) is 2. The molecule has 4 rings (SSSR count). The molecular formula is C20H14ClFO2. The first-order valence-electron chi connectivity index (χ1n) is 7.28. The van der Waals surface area contributed by atoms with E-state index in [0.717, 1.165) is 21.5 Å². The minimum atomic E-state index is -0.256. The van der Waals surface area contributed by atoms with Crippen molar-refractivity contribution in [1.29, 1.82) is 0 Å². The van der Waals surface area contributed by atoms with E-state index in [1.165, 1.54) is 12.1 Å². The van der Waals surface area contributed by atoms with E-state index in [0.29, 0.717) is 5.02 Å². The Hall–Kier alpha value is -2.78. The Bertz CT molecular complexity index is 849. The van der Waals surface area contributed by atoms with E-state index in [2.05, 4.69) is 0 Å². The third kappa shape index (κ3) is 3.76. The van der Waals surface area contributed by atoms with Crippen LogP contribution in [0, 0.1) is 5.82 Å². The van der Waals surface area contributed by atoms with Gasteiger partial charge in [-0.15, -0.1) is 0 Å². The van der Waals surface area contributed by atoms with Crippen LogP contribution in [0.1, 0.15) is 0 Å². The maximum Gasteiger partial charge on any atom is 0.123 e. The lowest BCUT2D eigenvalue weighted by molar-refractivity contribution is 0.475. The SMILES string of the molecule is Oc1ccc2cc(Cl)ccc2c1.Oc1ccc2cc(F)ccc2c1. The number of phenolic OH excluding ortho intramolecular Hbond substituents is 2. The minimum absolute atomic E-state index is 0.203. The van der Waals surface area contributed by atoms with Gasteiger partial charge in [-0.1, -0.05) is 35.9 Å². The second-order valence-electron chi connectivity index (χ2n) is 5.35. The van der Waals surface area contributed by atoms with E-state index < -0.39 is 0 Å². The van der Waals surface area contributed by atoms with Crippen molar-refractivity contribution in [1.82, 2.24) is 0 Å². The van der Waals surface area contributed by atoms with Gasteiger partial charge in [-0.3, -0.25) is 0 Å². The van der Waals surface area contributed by atoms with Crippen molar-refractivity contribution in [2.75, 3.05) is 0 Å². The average Bonchev–Trinajstić information content (AvgIpc) is 2.56. The van der Waals surface area contributed by atoms with Gasteiger partial charge in [0, 0.05) is 5.02 Å². The first kappa shape index (κ1) is 16.1. The molecule has 4 heteroatoms. The molecule has 2 N–H and O–H groups in total. The van der Waals surface area contributed by atoms with Crippen molar-refractivity contribution >= 4 is 33.1 Å². The zero-order chi connectivity index (χ0) is 17.1. The van der Waals surface area contributed by atoms with Crippen molar-refractivity contribution in [2.45, 2.75) is 0 Å². The van der Waals surface area contributed by atoms with Crippen molar-refractivity contribution in [3.8, 4) is 11.5 Å². The smallest absolute Gasteiger partial charge is 0.123 e. The molecule has 0 amide bonds. The number of phenols is 2. The molecule has 0 aromatic heterocycles. The maximum atomic E-state index is 12.7. The molecule has 120 valence electrons. The molecule has 24 heavy (non-hydrogen) atoms. The van der Waals surface area contributed by atoms with Crippen LogP contribution in [0.15, 0.2) is 72.8 Å². The highest BCUT2D eigenvalue weighted by Gasteiger charge is 1.96. The van der Waals surface area contributed by atoms with Gasteiger partial charge in [0.1, 0.15) is 17.3 Å². The topological polar surface area (TPSA) is 40.5 Å². The molecule has 0 aliphatic carbocycles. The largest absolute Gasteiger partial charge is 0.508 e. The molecule has 0 unspecified atom stereocenters. The molecule has 0 radical (unpaired) electrons. The standard InChI is InChI=1S/C10H7ClO.C10H7FO/c2*11-9-3-1-8-6-10(12)4-2-7(8)5-9/h2*1-6,12H. The zero-order valence-electron chi connectivity index (χ0n) is 12.6. The van der Waals surface area contributed by atoms with Gasteiger partial charge in [-0.05, 0) is 70.1 Å². The van der Waals surface area contributed by atoms with Crippen molar-refractivity contribution in [2.24, 2.45) is 0 Å². The van der Waals surface area contributed by atoms with E-state index in [4.69, 9.17) is 21.8 Å². The Morgan fingerprint density at radius 2 is 1.04 bits per heavy atom. The highest BCUT2D eigenvalue weighted by Crippen LogP contribution is 2.23. The number of rotatable bonds is 0. The lowest BCUT2D eigenvalue weighted by Gasteiger charge is -1.98. The van der Waals surface area contributed by atoms with Gasteiger partial charge >= 0.3 is 0 Å². The van der Waals surface area contributed by atoms with Crippen LogP contribution in [-0.2, 0) is 0 Å². The Labute approximate surface area is 143 Å². The average molecular weight is 341 g/mol. The van der Waals surface area contributed by atoms with Crippen LogP contribution >= 0.6 is 11.6 Å². The fraction of sp³-hybridized carbons (Fsp3) is 0. The summed E-state index contributed by atoms with van der Waals surface area (Å²) < 4.78 is 12.7. The van der Waals surface area contributed by atoms with Crippen molar-refractivity contribution < 1.29 is 14.6 Å². The summed E-state index contributed by atoms with van der Waals surface area (Å²) in [5.41, 5.74) is 0. The molecule has 2 nitrogen and oxygen atoms in total. The second-order valence-corrected chi connectivity index (χ2v) is 5.79. The monoisotopic (exact) mass is 340 g/mol. The van der Waals surface area contributed by atoms with Gasteiger partial charge in [0.15, 0.2) is 0 Å². The molecule has 0 atom stereocenters. The third-order valence-electron chi connectivity index (χ3n) is 3.57.